The number of benzene rings is 1. The molecular formula is C12H12N2O. The molecule has 1 aromatic heterocycles. The Labute approximate surface area is 88.6 Å². The molecule has 0 spiro atoms. The lowest BCUT2D eigenvalue weighted by Gasteiger charge is -2.15. The quantitative estimate of drug-likeness (QED) is 0.712. The topological polar surface area (TPSA) is 25.4 Å². The zero-order chi connectivity index (χ0) is 10.7. The zero-order valence-electron chi connectivity index (χ0n) is 8.55. The van der Waals surface area contributed by atoms with Crippen LogP contribution in [0.3, 0.4) is 0 Å². The number of aromatic nitrogens is 1. The van der Waals surface area contributed by atoms with Crippen LogP contribution in [0.5, 0.6) is 0 Å². The summed E-state index contributed by atoms with van der Waals surface area (Å²) in [6, 6.07) is 11.9. The Bertz CT molecular complexity index is 482. The van der Waals surface area contributed by atoms with Gasteiger partial charge in [-0.1, -0.05) is 24.8 Å². The third-order valence-electron chi connectivity index (χ3n) is 2.17. The van der Waals surface area contributed by atoms with Crippen molar-refractivity contribution in [2.24, 2.45) is 0 Å². The normalized spacial score (nSPS) is 10.2. The van der Waals surface area contributed by atoms with Crippen LogP contribution in [0.4, 0.5) is 5.82 Å². The highest BCUT2D eigenvalue weighted by molar-refractivity contribution is 5.80. The summed E-state index contributed by atoms with van der Waals surface area (Å²) in [6.45, 7) is 3.65. The molecule has 1 heterocycles. The van der Waals surface area contributed by atoms with Gasteiger partial charge in [-0.05, 0) is 18.2 Å². The summed E-state index contributed by atoms with van der Waals surface area (Å²) >= 11 is 0. The molecule has 0 aliphatic heterocycles. The van der Waals surface area contributed by atoms with Crippen LogP contribution in [-0.2, 0) is 4.84 Å². The van der Waals surface area contributed by atoms with Crippen molar-refractivity contribution in [2.45, 2.75) is 0 Å². The van der Waals surface area contributed by atoms with E-state index >= 15 is 0 Å². The number of hydrogen-bond acceptors (Lipinski definition) is 3. The van der Waals surface area contributed by atoms with Crippen LogP contribution >= 0.6 is 0 Å². The Kier molecular flexibility index (Phi) is 2.65. The number of hydroxylamine groups is 1. The molecule has 2 rings (SSSR count). The van der Waals surface area contributed by atoms with Crippen LogP contribution in [0.15, 0.2) is 49.2 Å². The summed E-state index contributed by atoms with van der Waals surface area (Å²) < 4.78 is 0. The maximum atomic E-state index is 5.09. The van der Waals surface area contributed by atoms with Crippen molar-refractivity contribution in [1.29, 1.82) is 0 Å². The first-order chi connectivity index (χ1) is 7.35. The minimum absolute atomic E-state index is 0.728. The van der Waals surface area contributed by atoms with Gasteiger partial charge in [-0.3, -0.25) is 4.84 Å². The summed E-state index contributed by atoms with van der Waals surface area (Å²) in [7, 11) is 1.58. The van der Waals surface area contributed by atoms with Gasteiger partial charge in [0, 0.05) is 11.6 Å². The SMILES string of the molecule is C=CN(OC)c1ccc2ccccc2n1. The average Bonchev–Trinajstić information content (AvgIpc) is 2.30. The van der Waals surface area contributed by atoms with Crippen molar-refractivity contribution in [1.82, 2.24) is 4.98 Å². The van der Waals surface area contributed by atoms with E-state index in [1.54, 1.807) is 13.3 Å². The number of rotatable bonds is 3. The predicted octanol–water partition coefficient (Wildman–Crippen LogP) is 2.75. The second-order valence-corrected chi connectivity index (χ2v) is 3.05. The second-order valence-electron chi connectivity index (χ2n) is 3.05. The molecule has 3 heteroatoms. The third-order valence-corrected chi connectivity index (χ3v) is 2.17. The Morgan fingerprint density at radius 3 is 2.80 bits per heavy atom. The number of fused-ring (bicyclic) bond motifs is 1. The smallest absolute Gasteiger partial charge is 0.157 e. The Morgan fingerprint density at radius 2 is 2.07 bits per heavy atom. The van der Waals surface area contributed by atoms with Crippen molar-refractivity contribution in [3.63, 3.8) is 0 Å². The van der Waals surface area contributed by atoms with Crippen molar-refractivity contribution in [3.8, 4) is 0 Å². The molecule has 0 saturated carbocycles. The third kappa shape index (κ3) is 1.82. The Balaban J connectivity index is 2.50. The Morgan fingerprint density at radius 1 is 1.27 bits per heavy atom. The van der Waals surface area contributed by atoms with Crippen LogP contribution in [-0.4, -0.2) is 12.1 Å². The fraction of sp³-hybridized carbons (Fsp3) is 0.0833. The van der Waals surface area contributed by atoms with Crippen LogP contribution in [0.1, 0.15) is 0 Å². The van der Waals surface area contributed by atoms with Gasteiger partial charge < -0.3 is 0 Å². The van der Waals surface area contributed by atoms with Gasteiger partial charge >= 0.3 is 0 Å². The maximum absolute atomic E-state index is 5.09. The average molecular weight is 200 g/mol. The first-order valence-electron chi connectivity index (χ1n) is 4.67. The number of para-hydroxylation sites is 1. The monoisotopic (exact) mass is 200 g/mol. The standard InChI is InChI=1S/C12H12N2O/c1-3-14(15-2)12-9-8-10-6-4-5-7-11(10)13-12/h3-9H,1H2,2H3. The molecule has 76 valence electrons. The molecule has 15 heavy (non-hydrogen) atoms. The molecule has 0 N–H and O–H groups in total. The van der Waals surface area contributed by atoms with E-state index in [1.165, 1.54) is 5.06 Å². The zero-order valence-corrected chi connectivity index (χ0v) is 8.55. The van der Waals surface area contributed by atoms with Gasteiger partial charge in [0.25, 0.3) is 0 Å². The molecule has 2 aromatic rings. The molecule has 0 bridgehead atoms. The number of nitrogens with zero attached hydrogens (tertiary/aromatic N) is 2. The molecule has 0 radical (unpaired) electrons. The largest absolute Gasteiger partial charge is 0.271 e. The van der Waals surface area contributed by atoms with E-state index in [0.717, 1.165) is 16.7 Å². The van der Waals surface area contributed by atoms with E-state index in [4.69, 9.17) is 4.84 Å². The molecule has 0 fully saturated rings. The highest BCUT2D eigenvalue weighted by Crippen LogP contribution is 2.17. The van der Waals surface area contributed by atoms with Gasteiger partial charge in [0.2, 0.25) is 0 Å². The summed E-state index contributed by atoms with van der Waals surface area (Å²) in [5.41, 5.74) is 0.943. The van der Waals surface area contributed by atoms with Crippen LogP contribution in [0, 0.1) is 0 Å². The van der Waals surface area contributed by atoms with E-state index in [2.05, 4.69) is 11.6 Å². The van der Waals surface area contributed by atoms with Crippen LogP contribution < -0.4 is 5.06 Å². The van der Waals surface area contributed by atoms with Crippen LogP contribution in [0.25, 0.3) is 10.9 Å². The summed E-state index contributed by atoms with van der Waals surface area (Å²) in [6.07, 6.45) is 1.58. The van der Waals surface area contributed by atoms with E-state index in [9.17, 15) is 0 Å². The first kappa shape index (κ1) is 9.68. The fourth-order valence-corrected chi connectivity index (χ4v) is 1.44. The van der Waals surface area contributed by atoms with E-state index in [-0.39, 0.29) is 0 Å². The minimum atomic E-state index is 0.728. The summed E-state index contributed by atoms with van der Waals surface area (Å²) in [5.74, 6) is 0.728. The molecule has 1 aromatic carbocycles. The van der Waals surface area contributed by atoms with Crippen LogP contribution in [0.2, 0.25) is 0 Å². The lowest BCUT2D eigenvalue weighted by atomic mass is 10.2. The van der Waals surface area contributed by atoms with Gasteiger partial charge in [-0.15, -0.1) is 0 Å². The number of anilines is 1. The van der Waals surface area contributed by atoms with Gasteiger partial charge in [-0.25, -0.2) is 10.0 Å². The van der Waals surface area contributed by atoms with Crippen molar-refractivity contribution >= 4 is 16.7 Å². The maximum Gasteiger partial charge on any atom is 0.157 e. The number of hydrogen-bond donors (Lipinski definition) is 0. The van der Waals surface area contributed by atoms with Crippen molar-refractivity contribution in [3.05, 3.63) is 49.2 Å². The number of pyridine rings is 1. The van der Waals surface area contributed by atoms with Gasteiger partial charge in [-0.2, -0.15) is 0 Å². The molecule has 0 saturated heterocycles. The molecular weight excluding hydrogens is 188 g/mol. The summed E-state index contributed by atoms with van der Waals surface area (Å²) in [5, 5.41) is 2.63. The van der Waals surface area contributed by atoms with Gasteiger partial charge in [0.15, 0.2) is 5.82 Å². The minimum Gasteiger partial charge on any atom is -0.271 e. The van der Waals surface area contributed by atoms with Crippen molar-refractivity contribution in [2.75, 3.05) is 12.2 Å². The second kappa shape index (κ2) is 4.11. The molecule has 0 aliphatic rings. The van der Waals surface area contributed by atoms with E-state index in [0.29, 0.717) is 0 Å². The summed E-state index contributed by atoms with van der Waals surface area (Å²) in [4.78, 5) is 9.53. The predicted molar refractivity (Wildman–Crippen MR) is 61.4 cm³/mol. The molecule has 0 unspecified atom stereocenters. The van der Waals surface area contributed by atoms with E-state index < -0.39 is 0 Å². The van der Waals surface area contributed by atoms with E-state index in [1.807, 2.05) is 36.4 Å². The molecule has 0 atom stereocenters. The van der Waals surface area contributed by atoms with Gasteiger partial charge in [0.1, 0.15) is 0 Å². The fourth-order valence-electron chi connectivity index (χ4n) is 1.44. The highest BCUT2D eigenvalue weighted by atomic mass is 16.7. The van der Waals surface area contributed by atoms with Crippen molar-refractivity contribution < 1.29 is 4.84 Å². The highest BCUT2D eigenvalue weighted by Gasteiger charge is 2.03. The first-order valence-corrected chi connectivity index (χ1v) is 4.67. The Hall–Kier alpha value is -1.87. The molecule has 0 amide bonds. The van der Waals surface area contributed by atoms with Gasteiger partial charge in [0.05, 0.1) is 12.6 Å². The molecule has 0 aliphatic carbocycles. The lowest BCUT2D eigenvalue weighted by Crippen LogP contribution is -2.14. The molecule has 3 nitrogen and oxygen atoms in total. The lowest BCUT2D eigenvalue weighted by molar-refractivity contribution is 0.195.